The van der Waals surface area contributed by atoms with Gasteiger partial charge in [0.1, 0.15) is 0 Å². The Morgan fingerprint density at radius 2 is 2.41 bits per heavy atom. The molecule has 6 heteroatoms. The van der Waals surface area contributed by atoms with Crippen LogP contribution in [-0.2, 0) is 9.53 Å². The SMILES string of the molecule is O=C(CCOC1CCNCC1)Nc1nccs1. The number of thiazole rings is 1. The van der Waals surface area contributed by atoms with Gasteiger partial charge in [-0.25, -0.2) is 4.98 Å². The summed E-state index contributed by atoms with van der Waals surface area (Å²) in [5, 5.41) is 8.50. The fourth-order valence-corrected chi connectivity index (χ4v) is 2.29. The molecule has 5 nitrogen and oxygen atoms in total. The standard InChI is InChI=1S/C11H17N3O2S/c15-10(14-11-13-6-8-17-11)3-7-16-9-1-4-12-5-2-9/h6,8-9,12H,1-5,7H2,(H,13,14,15). The smallest absolute Gasteiger partial charge is 0.228 e. The normalized spacial score (nSPS) is 16.9. The molecule has 17 heavy (non-hydrogen) atoms. The van der Waals surface area contributed by atoms with Crippen molar-refractivity contribution in [3.63, 3.8) is 0 Å². The molecule has 0 spiro atoms. The second kappa shape index (κ2) is 6.68. The Morgan fingerprint density at radius 3 is 3.12 bits per heavy atom. The largest absolute Gasteiger partial charge is 0.378 e. The topological polar surface area (TPSA) is 63.2 Å². The number of carbonyl (C=O) groups is 1. The van der Waals surface area contributed by atoms with Crippen LogP contribution in [0.1, 0.15) is 19.3 Å². The molecule has 0 aromatic carbocycles. The van der Waals surface area contributed by atoms with Crippen LogP contribution in [0.3, 0.4) is 0 Å². The van der Waals surface area contributed by atoms with Crippen LogP contribution in [0.2, 0.25) is 0 Å². The second-order valence-corrected chi connectivity index (χ2v) is 4.85. The molecule has 1 aromatic rings. The Bertz CT molecular complexity index is 336. The van der Waals surface area contributed by atoms with E-state index in [2.05, 4.69) is 15.6 Å². The summed E-state index contributed by atoms with van der Waals surface area (Å²) in [5.41, 5.74) is 0. The molecule has 2 heterocycles. The first kappa shape index (κ1) is 12.5. The zero-order valence-corrected chi connectivity index (χ0v) is 10.5. The number of nitrogens with zero attached hydrogens (tertiary/aromatic N) is 1. The van der Waals surface area contributed by atoms with Gasteiger partial charge in [0.25, 0.3) is 0 Å². The van der Waals surface area contributed by atoms with Crippen LogP contribution >= 0.6 is 11.3 Å². The van der Waals surface area contributed by atoms with Crippen molar-refractivity contribution in [1.29, 1.82) is 0 Å². The molecule has 1 saturated heterocycles. The number of ether oxygens (including phenoxy) is 1. The van der Waals surface area contributed by atoms with E-state index in [0.717, 1.165) is 25.9 Å². The molecule has 0 bridgehead atoms. The van der Waals surface area contributed by atoms with Crippen molar-refractivity contribution in [1.82, 2.24) is 10.3 Å². The number of rotatable bonds is 5. The van der Waals surface area contributed by atoms with Crippen molar-refractivity contribution in [2.24, 2.45) is 0 Å². The maximum atomic E-state index is 11.5. The summed E-state index contributed by atoms with van der Waals surface area (Å²) in [4.78, 5) is 15.5. The lowest BCUT2D eigenvalue weighted by Crippen LogP contribution is -2.33. The van der Waals surface area contributed by atoms with Gasteiger partial charge in [-0.15, -0.1) is 11.3 Å². The lowest BCUT2D eigenvalue weighted by atomic mass is 10.1. The molecule has 1 aliphatic heterocycles. The van der Waals surface area contributed by atoms with Crippen LogP contribution in [0.5, 0.6) is 0 Å². The minimum absolute atomic E-state index is 0.0334. The van der Waals surface area contributed by atoms with E-state index < -0.39 is 0 Å². The Kier molecular flexibility index (Phi) is 4.90. The molecule has 1 fully saturated rings. The van der Waals surface area contributed by atoms with E-state index in [4.69, 9.17) is 4.74 Å². The van der Waals surface area contributed by atoms with Gasteiger partial charge in [-0.05, 0) is 25.9 Å². The van der Waals surface area contributed by atoms with E-state index in [1.54, 1.807) is 6.20 Å². The molecular weight excluding hydrogens is 238 g/mol. The number of nitrogens with one attached hydrogen (secondary N) is 2. The maximum absolute atomic E-state index is 11.5. The molecule has 0 saturated carbocycles. The number of hydrogen-bond acceptors (Lipinski definition) is 5. The van der Waals surface area contributed by atoms with Crippen molar-refractivity contribution in [2.75, 3.05) is 25.0 Å². The third kappa shape index (κ3) is 4.41. The van der Waals surface area contributed by atoms with Gasteiger partial charge >= 0.3 is 0 Å². The highest BCUT2D eigenvalue weighted by molar-refractivity contribution is 7.13. The first-order valence-electron chi connectivity index (χ1n) is 5.86. The van der Waals surface area contributed by atoms with Crippen molar-refractivity contribution in [3.05, 3.63) is 11.6 Å². The summed E-state index contributed by atoms with van der Waals surface area (Å²) >= 11 is 1.42. The Morgan fingerprint density at radius 1 is 1.59 bits per heavy atom. The molecule has 1 aliphatic rings. The van der Waals surface area contributed by atoms with Gasteiger partial charge < -0.3 is 15.4 Å². The molecule has 0 aliphatic carbocycles. The summed E-state index contributed by atoms with van der Waals surface area (Å²) in [5.74, 6) is -0.0334. The first-order chi connectivity index (χ1) is 8.34. The predicted molar refractivity (Wildman–Crippen MR) is 67.2 cm³/mol. The predicted octanol–water partition coefficient (Wildman–Crippen LogP) is 1.24. The molecule has 0 unspecified atom stereocenters. The van der Waals surface area contributed by atoms with Gasteiger partial charge in [-0.2, -0.15) is 0 Å². The van der Waals surface area contributed by atoms with E-state index in [-0.39, 0.29) is 5.91 Å². The van der Waals surface area contributed by atoms with Crippen LogP contribution in [0.4, 0.5) is 5.13 Å². The highest BCUT2D eigenvalue weighted by Gasteiger charge is 2.13. The molecule has 1 aromatic heterocycles. The number of piperidine rings is 1. The summed E-state index contributed by atoms with van der Waals surface area (Å²) in [6, 6.07) is 0. The molecule has 0 atom stereocenters. The molecule has 94 valence electrons. The molecular formula is C11H17N3O2S. The van der Waals surface area contributed by atoms with E-state index in [1.165, 1.54) is 11.3 Å². The average molecular weight is 255 g/mol. The number of anilines is 1. The van der Waals surface area contributed by atoms with Gasteiger partial charge in [-0.3, -0.25) is 4.79 Å². The molecule has 2 N–H and O–H groups in total. The average Bonchev–Trinajstić information content (AvgIpc) is 2.83. The number of aromatic nitrogens is 1. The van der Waals surface area contributed by atoms with Crippen LogP contribution in [-0.4, -0.2) is 36.7 Å². The summed E-state index contributed by atoms with van der Waals surface area (Å²) in [7, 11) is 0. The van der Waals surface area contributed by atoms with Crippen molar-refractivity contribution < 1.29 is 9.53 Å². The van der Waals surface area contributed by atoms with E-state index in [9.17, 15) is 4.79 Å². The Balaban J connectivity index is 1.59. The Hall–Kier alpha value is -0.980. The summed E-state index contributed by atoms with van der Waals surface area (Å²) in [6.07, 6.45) is 4.45. The van der Waals surface area contributed by atoms with Crippen molar-refractivity contribution in [2.45, 2.75) is 25.4 Å². The highest BCUT2D eigenvalue weighted by Crippen LogP contribution is 2.11. The van der Waals surface area contributed by atoms with Crippen molar-refractivity contribution in [3.8, 4) is 0 Å². The van der Waals surface area contributed by atoms with Crippen LogP contribution in [0.15, 0.2) is 11.6 Å². The summed E-state index contributed by atoms with van der Waals surface area (Å²) in [6.45, 7) is 2.51. The fourth-order valence-electron chi connectivity index (χ4n) is 1.75. The molecule has 2 rings (SSSR count). The third-order valence-electron chi connectivity index (χ3n) is 2.65. The second-order valence-electron chi connectivity index (χ2n) is 3.96. The summed E-state index contributed by atoms with van der Waals surface area (Å²) < 4.78 is 5.65. The maximum Gasteiger partial charge on any atom is 0.228 e. The minimum atomic E-state index is -0.0334. The number of hydrogen-bond donors (Lipinski definition) is 2. The highest BCUT2D eigenvalue weighted by atomic mass is 32.1. The van der Waals surface area contributed by atoms with E-state index >= 15 is 0 Å². The van der Waals surface area contributed by atoms with Crippen LogP contribution < -0.4 is 10.6 Å². The molecule has 1 amide bonds. The number of amides is 1. The molecule has 0 radical (unpaired) electrons. The van der Waals surface area contributed by atoms with E-state index in [1.807, 2.05) is 5.38 Å². The quantitative estimate of drug-likeness (QED) is 0.831. The lowest BCUT2D eigenvalue weighted by molar-refractivity contribution is -0.117. The van der Waals surface area contributed by atoms with Gasteiger partial charge in [-0.1, -0.05) is 0 Å². The van der Waals surface area contributed by atoms with Gasteiger partial charge in [0.05, 0.1) is 19.1 Å². The Labute approximate surface area is 105 Å². The van der Waals surface area contributed by atoms with Gasteiger partial charge in [0.15, 0.2) is 5.13 Å². The third-order valence-corrected chi connectivity index (χ3v) is 3.34. The lowest BCUT2D eigenvalue weighted by Gasteiger charge is -2.22. The minimum Gasteiger partial charge on any atom is -0.378 e. The van der Waals surface area contributed by atoms with Crippen LogP contribution in [0.25, 0.3) is 0 Å². The van der Waals surface area contributed by atoms with Crippen LogP contribution in [0, 0.1) is 0 Å². The monoisotopic (exact) mass is 255 g/mol. The fraction of sp³-hybridized carbons (Fsp3) is 0.636. The van der Waals surface area contributed by atoms with E-state index in [0.29, 0.717) is 24.3 Å². The number of carbonyl (C=O) groups excluding carboxylic acids is 1. The van der Waals surface area contributed by atoms with Crippen molar-refractivity contribution >= 4 is 22.4 Å². The zero-order chi connectivity index (χ0) is 11.9. The van der Waals surface area contributed by atoms with Gasteiger partial charge in [0.2, 0.25) is 5.91 Å². The zero-order valence-electron chi connectivity index (χ0n) is 9.65. The first-order valence-corrected chi connectivity index (χ1v) is 6.74. The van der Waals surface area contributed by atoms with Gasteiger partial charge in [0, 0.05) is 11.6 Å².